The van der Waals surface area contributed by atoms with Crippen LogP contribution < -0.4 is 5.32 Å². The van der Waals surface area contributed by atoms with E-state index < -0.39 is 0 Å². The van der Waals surface area contributed by atoms with Crippen molar-refractivity contribution in [3.05, 3.63) is 54.2 Å². The van der Waals surface area contributed by atoms with Gasteiger partial charge in [0.05, 0.1) is 18.2 Å². The summed E-state index contributed by atoms with van der Waals surface area (Å²) in [4.78, 5) is 4.29. The van der Waals surface area contributed by atoms with E-state index in [4.69, 9.17) is 4.42 Å². The van der Waals surface area contributed by atoms with E-state index in [0.717, 1.165) is 17.8 Å². The standard InChI is InChI=1S/C12H14N2O/c1-10(12-4-2-3-6-13-12)14-8-11-5-7-15-9-11/h2-7,9-10,14H,8H2,1H3/t10-/m0/s1. The van der Waals surface area contributed by atoms with Crippen LogP contribution in [-0.4, -0.2) is 4.98 Å². The van der Waals surface area contributed by atoms with Crippen molar-refractivity contribution in [2.45, 2.75) is 19.5 Å². The summed E-state index contributed by atoms with van der Waals surface area (Å²) in [6.07, 6.45) is 5.24. The molecule has 0 fully saturated rings. The molecule has 1 atom stereocenters. The molecule has 0 amide bonds. The molecule has 2 aromatic rings. The largest absolute Gasteiger partial charge is 0.472 e. The number of nitrogens with zero attached hydrogens (tertiary/aromatic N) is 1. The van der Waals surface area contributed by atoms with Gasteiger partial charge in [-0.05, 0) is 25.1 Å². The van der Waals surface area contributed by atoms with E-state index >= 15 is 0 Å². The van der Waals surface area contributed by atoms with Crippen molar-refractivity contribution in [3.63, 3.8) is 0 Å². The lowest BCUT2D eigenvalue weighted by molar-refractivity contribution is 0.541. The maximum Gasteiger partial charge on any atom is 0.0947 e. The molecule has 0 aromatic carbocycles. The molecule has 3 nitrogen and oxygen atoms in total. The fraction of sp³-hybridized carbons (Fsp3) is 0.250. The summed E-state index contributed by atoms with van der Waals surface area (Å²) < 4.78 is 5.00. The Labute approximate surface area is 89.1 Å². The molecule has 0 aliphatic rings. The third kappa shape index (κ3) is 2.67. The molecule has 78 valence electrons. The summed E-state index contributed by atoms with van der Waals surface area (Å²) >= 11 is 0. The van der Waals surface area contributed by atoms with Crippen molar-refractivity contribution in [1.82, 2.24) is 10.3 Å². The Morgan fingerprint density at radius 2 is 2.33 bits per heavy atom. The van der Waals surface area contributed by atoms with E-state index in [0.29, 0.717) is 0 Å². The molecule has 0 saturated heterocycles. The summed E-state index contributed by atoms with van der Waals surface area (Å²) in [5, 5.41) is 3.38. The third-order valence-corrected chi connectivity index (χ3v) is 2.32. The highest BCUT2D eigenvalue weighted by Gasteiger charge is 2.05. The predicted octanol–water partition coefficient (Wildman–Crippen LogP) is 2.53. The van der Waals surface area contributed by atoms with Gasteiger partial charge in [-0.15, -0.1) is 0 Å². The first-order chi connectivity index (χ1) is 7.36. The zero-order valence-electron chi connectivity index (χ0n) is 8.68. The van der Waals surface area contributed by atoms with E-state index in [-0.39, 0.29) is 6.04 Å². The minimum absolute atomic E-state index is 0.251. The summed E-state index contributed by atoms with van der Waals surface area (Å²) in [6, 6.07) is 8.15. The highest BCUT2D eigenvalue weighted by atomic mass is 16.3. The predicted molar refractivity (Wildman–Crippen MR) is 58.2 cm³/mol. The van der Waals surface area contributed by atoms with Gasteiger partial charge in [0.25, 0.3) is 0 Å². The molecule has 2 rings (SSSR count). The highest BCUT2D eigenvalue weighted by molar-refractivity contribution is 5.09. The molecule has 15 heavy (non-hydrogen) atoms. The summed E-state index contributed by atoms with van der Waals surface area (Å²) in [7, 11) is 0. The molecule has 0 aliphatic carbocycles. The van der Waals surface area contributed by atoms with Crippen LogP contribution in [0.5, 0.6) is 0 Å². The Morgan fingerprint density at radius 3 is 3.00 bits per heavy atom. The van der Waals surface area contributed by atoms with Crippen LogP contribution >= 0.6 is 0 Å². The molecule has 0 bridgehead atoms. The molecule has 2 heterocycles. The van der Waals surface area contributed by atoms with Crippen molar-refractivity contribution in [2.24, 2.45) is 0 Å². The number of pyridine rings is 1. The van der Waals surface area contributed by atoms with Gasteiger partial charge >= 0.3 is 0 Å². The Balaban J connectivity index is 1.90. The lowest BCUT2D eigenvalue weighted by Crippen LogP contribution is -2.18. The van der Waals surface area contributed by atoms with Crippen LogP contribution in [0, 0.1) is 0 Å². The van der Waals surface area contributed by atoms with Gasteiger partial charge in [-0.3, -0.25) is 4.98 Å². The molecule has 1 N–H and O–H groups in total. The van der Waals surface area contributed by atoms with Gasteiger partial charge in [-0.1, -0.05) is 6.07 Å². The summed E-state index contributed by atoms with van der Waals surface area (Å²) in [6.45, 7) is 2.90. The third-order valence-electron chi connectivity index (χ3n) is 2.32. The Bertz CT molecular complexity index is 383. The van der Waals surface area contributed by atoms with Crippen LogP contribution in [0.25, 0.3) is 0 Å². The van der Waals surface area contributed by atoms with Crippen LogP contribution in [0.4, 0.5) is 0 Å². The van der Waals surface area contributed by atoms with Gasteiger partial charge in [0, 0.05) is 24.3 Å². The fourth-order valence-electron chi connectivity index (χ4n) is 1.40. The second-order valence-corrected chi connectivity index (χ2v) is 3.49. The average molecular weight is 202 g/mol. The topological polar surface area (TPSA) is 38.1 Å². The maximum atomic E-state index is 5.00. The van der Waals surface area contributed by atoms with Gasteiger partial charge < -0.3 is 9.73 Å². The Kier molecular flexibility index (Phi) is 3.15. The first kappa shape index (κ1) is 9.93. The molecule has 0 saturated carbocycles. The van der Waals surface area contributed by atoms with Gasteiger partial charge in [0.1, 0.15) is 0 Å². The molecule has 3 heteroatoms. The maximum absolute atomic E-state index is 5.00. The fourth-order valence-corrected chi connectivity index (χ4v) is 1.40. The van der Waals surface area contributed by atoms with E-state index in [1.807, 2.05) is 30.5 Å². The molecule has 0 spiro atoms. The number of aromatic nitrogens is 1. The van der Waals surface area contributed by atoms with Crippen LogP contribution in [0.1, 0.15) is 24.2 Å². The van der Waals surface area contributed by atoms with Crippen molar-refractivity contribution < 1.29 is 4.42 Å². The molecular formula is C12H14N2O. The molecule has 0 radical (unpaired) electrons. The minimum Gasteiger partial charge on any atom is -0.472 e. The number of hydrogen-bond donors (Lipinski definition) is 1. The number of rotatable bonds is 4. The second-order valence-electron chi connectivity index (χ2n) is 3.49. The van der Waals surface area contributed by atoms with Gasteiger partial charge in [-0.2, -0.15) is 0 Å². The minimum atomic E-state index is 0.251. The van der Waals surface area contributed by atoms with Crippen LogP contribution in [0.3, 0.4) is 0 Å². The van der Waals surface area contributed by atoms with Crippen LogP contribution in [-0.2, 0) is 6.54 Å². The van der Waals surface area contributed by atoms with E-state index in [1.54, 1.807) is 12.5 Å². The molecule has 0 unspecified atom stereocenters. The van der Waals surface area contributed by atoms with E-state index in [2.05, 4.69) is 17.2 Å². The highest BCUT2D eigenvalue weighted by Crippen LogP contribution is 2.09. The summed E-state index contributed by atoms with van der Waals surface area (Å²) in [5.74, 6) is 0. The number of nitrogens with one attached hydrogen (secondary N) is 1. The van der Waals surface area contributed by atoms with E-state index in [1.165, 1.54) is 0 Å². The van der Waals surface area contributed by atoms with E-state index in [9.17, 15) is 0 Å². The van der Waals surface area contributed by atoms with Crippen molar-refractivity contribution in [1.29, 1.82) is 0 Å². The Morgan fingerprint density at radius 1 is 1.40 bits per heavy atom. The number of hydrogen-bond acceptors (Lipinski definition) is 3. The van der Waals surface area contributed by atoms with Crippen molar-refractivity contribution >= 4 is 0 Å². The first-order valence-corrected chi connectivity index (χ1v) is 5.01. The lowest BCUT2D eigenvalue weighted by atomic mass is 10.2. The second kappa shape index (κ2) is 4.75. The van der Waals surface area contributed by atoms with Crippen molar-refractivity contribution in [2.75, 3.05) is 0 Å². The smallest absolute Gasteiger partial charge is 0.0947 e. The molecule has 2 aromatic heterocycles. The number of furan rings is 1. The lowest BCUT2D eigenvalue weighted by Gasteiger charge is -2.11. The van der Waals surface area contributed by atoms with Gasteiger partial charge in [0.2, 0.25) is 0 Å². The van der Waals surface area contributed by atoms with Gasteiger partial charge in [0.15, 0.2) is 0 Å². The summed E-state index contributed by atoms with van der Waals surface area (Å²) in [5.41, 5.74) is 2.21. The quantitative estimate of drug-likeness (QED) is 0.827. The van der Waals surface area contributed by atoms with Gasteiger partial charge in [-0.25, -0.2) is 0 Å². The SMILES string of the molecule is C[C@H](NCc1ccoc1)c1ccccn1. The zero-order valence-corrected chi connectivity index (χ0v) is 8.68. The van der Waals surface area contributed by atoms with Crippen LogP contribution in [0.2, 0.25) is 0 Å². The monoisotopic (exact) mass is 202 g/mol. The van der Waals surface area contributed by atoms with Crippen molar-refractivity contribution in [3.8, 4) is 0 Å². The normalized spacial score (nSPS) is 12.6. The first-order valence-electron chi connectivity index (χ1n) is 5.01. The average Bonchev–Trinajstić information content (AvgIpc) is 2.80. The Hall–Kier alpha value is -1.61. The molecule has 0 aliphatic heterocycles. The van der Waals surface area contributed by atoms with Crippen LogP contribution in [0.15, 0.2) is 47.4 Å². The molecular weight excluding hydrogens is 188 g/mol. The zero-order chi connectivity index (χ0) is 10.5.